The number of hydrogen-bond acceptors (Lipinski definition) is 4. The van der Waals surface area contributed by atoms with Crippen LogP contribution in [-0.4, -0.2) is 28.9 Å². The Morgan fingerprint density at radius 2 is 0.933 bits per heavy atom. The molecule has 0 saturated heterocycles. The van der Waals surface area contributed by atoms with Gasteiger partial charge in [0.25, 0.3) is 0 Å². The zero-order chi connectivity index (χ0) is 21.8. The van der Waals surface area contributed by atoms with Gasteiger partial charge in [0.05, 0.1) is 9.79 Å². The molecule has 160 valence electrons. The van der Waals surface area contributed by atoms with E-state index in [0.29, 0.717) is 25.7 Å². The second-order valence-electron chi connectivity index (χ2n) is 7.34. The maximum absolute atomic E-state index is 12.6. The Morgan fingerprint density at radius 3 is 1.20 bits per heavy atom. The highest BCUT2D eigenvalue weighted by molar-refractivity contribution is 7.89. The van der Waals surface area contributed by atoms with Crippen molar-refractivity contribution in [1.82, 2.24) is 9.44 Å². The first-order valence-corrected chi connectivity index (χ1v) is 12.7. The first-order chi connectivity index (χ1) is 14.2. The van der Waals surface area contributed by atoms with Gasteiger partial charge in [0.15, 0.2) is 0 Å². The van der Waals surface area contributed by atoms with E-state index in [0.717, 1.165) is 11.1 Å². The van der Waals surface area contributed by atoms with E-state index in [2.05, 4.69) is 22.6 Å². The summed E-state index contributed by atoms with van der Waals surface area (Å²) in [4.78, 5) is 0.415. The lowest BCUT2D eigenvalue weighted by atomic mass is 9.92. The average molecular weight is 447 g/mol. The SMILES string of the molecule is C=Cc1ccc(S(=O)(=O)NC2CCC(NS(=O)(=O)c3ccc(C=C)cc3)CC2)cc1. The van der Waals surface area contributed by atoms with Gasteiger partial charge in [-0.05, 0) is 61.1 Å². The Balaban J connectivity index is 1.57. The zero-order valence-electron chi connectivity index (χ0n) is 16.6. The first-order valence-electron chi connectivity index (χ1n) is 9.73. The predicted octanol–water partition coefficient (Wildman–Crippen LogP) is 3.54. The van der Waals surface area contributed by atoms with E-state index >= 15 is 0 Å². The normalized spacial score (nSPS) is 19.9. The first kappa shape index (κ1) is 22.4. The van der Waals surface area contributed by atoms with Crippen LogP contribution in [0.2, 0.25) is 0 Å². The smallest absolute Gasteiger partial charge is 0.208 e. The second-order valence-corrected chi connectivity index (χ2v) is 10.8. The summed E-state index contributed by atoms with van der Waals surface area (Å²) in [5.41, 5.74) is 1.70. The maximum Gasteiger partial charge on any atom is 0.240 e. The Hall–Kier alpha value is -2.26. The minimum atomic E-state index is -3.62. The van der Waals surface area contributed by atoms with Crippen molar-refractivity contribution in [3.05, 3.63) is 72.8 Å². The summed E-state index contributed by atoms with van der Waals surface area (Å²) in [5.74, 6) is 0. The highest BCUT2D eigenvalue weighted by atomic mass is 32.2. The van der Waals surface area contributed by atoms with Gasteiger partial charge in [-0.15, -0.1) is 0 Å². The van der Waals surface area contributed by atoms with Crippen LogP contribution in [0, 0.1) is 0 Å². The fraction of sp³-hybridized carbons (Fsp3) is 0.273. The average Bonchev–Trinajstić information content (AvgIpc) is 2.75. The Labute approximate surface area is 178 Å². The summed E-state index contributed by atoms with van der Waals surface area (Å²) >= 11 is 0. The summed E-state index contributed by atoms with van der Waals surface area (Å²) < 4.78 is 55.8. The Kier molecular flexibility index (Phi) is 6.92. The van der Waals surface area contributed by atoms with E-state index in [-0.39, 0.29) is 21.9 Å². The molecule has 0 radical (unpaired) electrons. The van der Waals surface area contributed by atoms with Crippen molar-refractivity contribution < 1.29 is 16.8 Å². The van der Waals surface area contributed by atoms with Gasteiger partial charge >= 0.3 is 0 Å². The van der Waals surface area contributed by atoms with Crippen LogP contribution in [0.25, 0.3) is 12.2 Å². The second kappa shape index (κ2) is 9.26. The third-order valence-electron chi connectivity index (χ3n) is 5.22. The molecule has 3 rings (SSSR count). The van der Waals surface area contributed by atoms with Gasteiger partial charge in [-0.25, -0.2) is 26.3 Å². The van der Waals surface area contributed by atoms with Crippen molar-refractivity contribution in [3.63, 3.8) is 0 Å². The lowest BCUT2D eigenvalue weighted by Gasteiger charge is -2.29. The Morgan fingerprint density at radius 1 is 0.633 bits per heavy atom. The third kappa shape index (κ3) is 5.46. The molecule has 1 saturated carbocycles. The molecule has 0 aliphatic heterocycles. The lowest BCUT2D eigenvalue weighted by Crippen LogP contribution is -2.43. The number of sulfonamides is 2. The maximum atomic E-state index is 12.6. The van der Waals surface area contributed by atoms with Gasteiger partial charge in [0.2, 0.25) is 20.0 Å². The Bertz CT molecular complexity index is 1010. The number of nitrogens with one attached hydrogen (secondary N) is 2. The molecule has 0 heterocycles. The van der Waals surface area contributed by atoms with Crippen LogP contribution in [0.3, 0.4) is 0 Å². The van der Waals surface area contributed by atoms with Crippen LogP contribution < -0.4 is 9.44 Å². The van der Waals surface area contributed by atoms with Crippen LogP contribution in [0.4, 0.5) is 0 Å². The molecular weight excluding hydrogens is 420 g/mol. The van der Waals surface area contributed by atoms with Gasteiger partial charge in [-0.1, -0.05) is 49.6 Å². The van der Waals surface area contributed by atoms with Gasteiger partial charge in [-0.2, -0.15) is 0 Å². The van der Waals surface area contributed by atoms with E-state index in [9.17, 15) is 16.8 Å². The minimum Gasteiger partial charge on any atom is -0.208 e. The van der Waals surface area contributed by atoms with Crippen molar-refractivity contribution >= 4 is 32.2 Å². The van der Waals surface area contributed by atoms with E-state index in [4.69, 9.17) is 0 Å². The van der Waals surface area contributed by atoms with E-state index in [1.807, 2.05) is 0 Å². The fourth-order valence-electron chi connectivity index (χ4n) is 3.47. The summed E-state index contributed by atoms with van der Waals surface area (Å²) in [6.07, 6.45) is 5.55. The van der Waals surface area contributed by atoms with Crippen molar-refractivity contribution in [1.29, 1.82) is 0 Å². The van der Waals surface area contributed by atoms with Crippen LogP contribution in [0.5, 0.6) is 0 Å². The molecule has 2 aromatic rings. The zero-order valence-corrected chi connectivity index (χ0v) is 18.3. The largest absolute Gasteiger partial charge is 0.240 e. The molecule has 0 unspecified atom stereocenters. The van der Waals surface area contributed by atoms with Crippen molar-refractivity contribution in [2.24, 2.45) is 0 Å². The summed E-state index contributed by atoms with van der Waals surface area (Å²) in [6.45, 7) is 7.32. The molecule has 0 spiro atoms. The standard InChI is InChI=1S/C22H26N2O4S2/c1-3-17-5-13-21(14-6-17)29(25,26)23-19-9-11-20(12-10-19)24-30(27,28)22-15-7-18(4-2)8-16-22/h3-8,13-16,19-20,23-24H,1-2,9-12H2. The van der Waals surface area contributed by atoms with Gasteiger partial charge in [0, 0.05) is 12.1 Å². The topological polar surface area (TPSA) is 92.3 Å². The highest BCUT2D eigenvalue weighted by Crippen LogP contribution is 2.23. The van der Waals surface area contributed by atoms with E-state index < -0.39 is 20.0 Å². The lowest BCUT2D eigenvalue weighted by molar-refractivity contribution is 0.356. The number of rotatable bonds is 8. The van der Waals surface area contributed by atoms with Crippen LogP contribution >= 0.6 is 0 Å². The molecule has 8 heteroatoms. The summed E-state index contributed by atoms with van der Waals surface area (Å²) in [6, 6.07) is 12.6. The number of hydrogen-bond donors (Lipinski definition) is 2. The molecule has 2 aromatic carbocycles. The highest BCUT2D eigenvalue weighted by Gasteiger charge is 2.28. The van der Waals surface area contributed by atoms with Crippen LogP contribution in [0.15, 0.2) is 71.5 Å². The van der Waals surface area contributed by atoms with Crippen LogP contribution in [0.1, 0.15) is 36.8 Å². The monoisotopic (exact) mass is 446 g/mol. The predicted molar refractivity (Wildman–Crippen MR) is 120 cm³/mol. The van der Waals surface area contributed by atoms with Crippen molar-refractivity contribution in [2.45, 2.75) is 47.6 Å². The molecule has 6 nitrogen and oxygen atoms in total. The quantitative estimate of drug-likeness (QED) is 0.649. The molecule has 30 heavy (non-hydrogen) atoms. The molecular formula is C22H26N2O4S2. The summed E-state index contributed by atoms with van der Waals surface area (Å²) in [5, 5.41) is 0. The molecule has 2 N–H and O–H groups in total. The minimum absolute atomic E-state index is 0.207. The van der Waals surface area contributed by atoms with E-state index in [1.165, 1.54) is 0 Å². The summed E-state index contributed by atoms with van der Waals surface area (Å²) in [7, 11) is -7.24. The molecule has 0 atom stereocenters. The molecule has 0 amide bonds. The van der Waals surface area contributed by atoms with Gasteiger partial charge in [0.1, 0.15) is 0 Å². The van der Waals surface area contributed by atoms with Gasteiger partial charge < -0.3 is 0 Å². The van der Waals surface area contributed by atoms with Gasteiger partial charge in [-0.3, -0.25) is 0 Å². The van der Waals surface area contributed by atoms with Crippen molar-refractivity contribution in [2.75, 3.05) is 0 Å². The van der Waals surface area contributed by atoms with E-state index in [1.54, 1.807) is 60.7 Å². The fourth-order valence-corrected chi connectivity index (χ4v) is 6.08. The number of benzene rings is 2. The molecule has 0 bridgehead atoms. The van der Waals surface area contributed by atoms with Crippen LogP contribution in [-0.2, 0) is 20.0 Å². The van der Waals surface area contributed by atoms with Crippen molar-refractivity contribution in [3.8, 4) is 0 Å². The molecule has 1 aliphatic carbocycles. The molecule has 1 fully saturated rings. The molecule has 0 aromatic heterocycles. The molecule has 1 aliphatic rings. The third-order valence-corrected chi connectivity index (χ3v) is 8.30.